The SMILES string of the molecule is Nc1ccc(-c2cc(-c3ccc(N)cc3)c3c(-c4ccc(N)cc4)cccc3c2)cc1. The van der Waals surface area contributed by atoms with Gasteiger partial charge in [-0.1, -0.05) is 54.6 Å². The molecule has 0 fully saturated rings. The molecule has 0 aliphatic heterocycles. The first kappa shape index (κ1) is 18.8. The van der Waals surface area contributed by atoms with E-state index < -0.39 is 0 Å². The van der Waals surface area contributed by atoms with Crippen molar-refractivity contribution >= 4 is 27.8 Å². The number of fused-ring (bicyclic) bond motifs is 1. The summed E-state index contributed by atoms with van der Waals surface area (Å²) in [5, 5.41) is 2.38. The van der Waals surface area contributed by atoms with Crippen molar-refractivity contribution in [3.63, 3.8) is 0 Å². The molecule has 0 aliphatic carbocycles. The van der Waals surface area contributed by atoms with Crippen LogP contribution in [-0.2, 0) is 0 Å². The van der Waals surface area contributed by atoms with E-state index in [2.05, 4.69) is 66.7 Å². The molecular formula is C28H23N3. The van der Waals surface area contributed by atoms with Crippen LogP contribution in [0.2, 0.25) is 0 Å². The van der Waals surface area contributed by atoms with Crippen LogP contribution in [0.4, 0.5) is 17.1 Å². The number of rotatable bonds is 3. The van der Waals surface area contributed by atoms with E-state index in [1.807, 2.05) is 36.4 Å². The van der Waals surface area contributed by atoms with E-state index in [-0.39, 0.29) is 0 Å². The zero-order valence-electron chi connectivity index (χ0n) is 17.0. The average Bonchev–Trinajstić information content (AvgIpc) is 2.79. The monoisotopic (exact) mass is 401 g/mol. The molecule has 0 aliphatic rings. The quantitative estimate of drug-likeness (QED) is 0.299. The molecule has 6 N–H and O–H groups in total. The summed E-state index contributed by atoms with van der Waals surface area (Å²) in [4.78, 5) is 0. The van der Waals surface area contributed by atoms with E-state index in [1.54, 1.807) is 0 Å². The summed E-state index contributed by atoms with van der Waals surface area (Å²) in [5.74, 6) is 0. The first-order chi connectivity index (χ1) is 15.1. The summed E-state index contributed by atoms with van der Waals surface area (Å²) >= 11 is 0. The number of hydrogen-bond acceptors (Lipinski definition) is 3. The lowest BCUT2D eigenvalue weighted by Gasteiger charge is -2.16. The van der Waals surface area contributed by atoms with Crippen LogP contribution in [-0.4, -0.2) is 0 Å². The molecule has 0 radical (unpaired) electrons. The van der Waals surface area contributed by atoms with Gasteiger partial charge < -0.3 is 17.2 Å². The highest BCUT2D eigenvalue weighted by Gasteiger charge is 2.13. The van der Waals surface area contributed by atoms with E-state index in [0.29, 0.717) is 0 Å². The summed E-state index contributed by atoms with van der Waals surface area (Å²) in [6.45, 7) is 0. The van der Waals surface area contributed by atoms with Gasteiger partial charge in [-0.05, 0) is 92.7 Å². The standard InChI is InChI=1S/C28H23N3/c29-23-10-4-18(5-11-23)22-16-21-2-1-3-26(19-6-12-24(30)13-7-19)28(21)27(17-22)20-8-14-25(31)15-9-20/h1-17H,29-31H2. The molecule has 3 nitrogen and oxygen atoms in total. The molecule has 0 amide bonds. The molecule has 0 heterocycles. The maximum Gasteiger partial charge on any atom is 0.0314 e. The Morgan fingerprint density at radius 2 is 0.871 bits per heavy atom. The fourth-order valence-electron chi connectivity index (χ4n) is 4.06. The van der Waals surface area contributed by atoms with Gasteiger partial charge in [-0.3, -0.25) is 0 Å². The van der Waals surface area contributed by atoms with Gasteiger partial charge >= 0.3 is 0 Å². The maximum atomic E-state index is 5.96. The van der Waals surface area contributed by atoms with Gasteiger partial charge in [0.25, 0.3) is 0 Å². The second-order valence-electron chi connectivity index (χ2n) is 7.79. The van der Waals surface area contributed by atoms with Crippen molar-refractivity contribution in [1.29, 1.82) is 0 Å². The van der Waals surface area contributed by atoms with E-state index >= 15 is 0 Å². The van der Waals surface area contributed by atoms with Crippen molar-refractivity contribution in [3.05, 3.63) is 103 Å². The second kappa shape index (κ2) is 7.54. The van der Waals surface area contributed by atoms with Gasteiger partial charge in [-0.15, -0.1) is 0 Å². The molecule has 0 saturated carbocycles. The van der Waals surface area contributed by atoms with E-state index in [4.69, 9.17) is 17.2 Å². The lowest BCUT2D eigenvalue weighted by atomic mass is 9.88. The smallest absolute Gasteiger partial charge is 0.0314 e. The highest BCUT2D eigenvalue weighted by atomic mass is 14.5. The van der Waals surface area contributed by atoms with Gasteiger partial charge in [0.1, 0.15) is 0 Å². The van der Waals surface area contributed by atoms with Crippen molar-refractivity contribution in [2.75, 3.05) is 17.2 Å². The number of benzene rings is 5. The molecule has 0 spiro atoms. The van der Waals surface area contributed by atoms with Gasteiger partial charge in [-0.2, -0.15) is 0 Å². The fraction of sp³-hybridized carbons (Fsp3) is 0. The third kappa shape index (κ3) is 3.58. The number of nitrogen functional groups attached to an aromatic ring is 3. The van der Waals surface area contributed by atoms with Crippen LogP contribution in [0.15, 0.2) is 103 Å². The van der Waals surface area contributed by atoms with Crippen LogP contribution in [0.5, 0.6) is 0 Å². The Bertz CT molecular complexity index is 1370. The van der Waals surface area contributed by atoms with Crippen LogP contribution >= 0.6 is 0 Å². The molecule has 0 aromatic heterocycles. The highest BCUT2D eigenvalue weighted by Crippen LogP contribution is 2.40. The Labute approximate surface area is 181 Å². The van der Waals surface area contributed by atoms with Crippen molar-refractivity contribution in [1.82, 2.24) is 0 Å². The summed E-state index contributed by atoms with van der Waals surface area (Å²) in [5.41, 5.74) is 26.9. The third-order valence-electron chi connectivity index (χ3n) is 5.66. The second-order valence-corrected chi connectivity index (χ2v) is 7.79. The summed E-state index contributed by atoms with van der Waals surface area (Å²) in [6.07, 6.45) is 0. The van der Waals surface area contributed by atoms with Crippen molar-refractivity contribution in [3.8, 4) is 33.4 Å². The maximum absolute atomic E-state index is 5.96. The zero-order valence-corrected chi connectivity index (χ0v) is 17.0. The largest absolute Gasteiger partial charge is 0.399 e. The molecule has 3 heteroatoms. The molecular weight excluding hydrogens is 378 g/mol. The van der Waals surface area contributed by atoms with E-state index in [9.17, 15) is 0 Å². The molecule has 5 rings (SSSR count). The Kier molecular flexibility index (Phi) is 4.57. The Hall–Kier alpha value is -4.24. The Balaban J connectivity index is 1.82. The predicted molar refractivity (Wildman–Crippen MR) is 133 cm³/mol. The Morgan fingerprint density at radius 3 is 1.42 bits per heavy atom. The number of hydrogen-bond donors (Lipinski definition) is 3. The Morgan fingerprint density at radius 1 is 0.387 bits per heavy atom. The average molecular weight is 402 g/mol. The van der Waals surface area contributed by atoms with Crippen LogP contribution in [0.1, 0.15) is 0 Å². The molecule has 0 saturated heterocycles. The minimum Gasteiger partial charge on any atom is -0.399 e. The number of anilines is 3. The molecule has 0 unspecified atom stereocenters. The zero-order chi connectivity index (χ0) is 21.4. The first-order valence-electron chi connectivity index (χ1n) is 10.2. The summed E-state index contributed by atoms with van der Waals surface area (Å²) in [6, 6.07) is 35.0. The van der Waals surface area contributed by atoms with Gasteiger partial charge in [0, 0.05) is 17.1 Å². The lowest BCUT2D eigenvalue weighted by molar-refractivity contribution is 1.60. The molecule has 5 aromatic rings. The summed E-state index contributed by atoms with van der Waals surface area (Å²) < 4.78 is 0. The molecule has 31 heavy (non-hydrogen) atoms. The summed E-state index contributed by atoms with van der Waals surface area (Å²) in [7, 11) is 0. The van der Waals surface area contributed by atoms with Gasteiger partial charge in [0.05, 0.1) is 0 Å². The predicted octanol–water partition coefficient (Wildman–Crippen LogP) is 6.59. The van der Waals surface area contributed by atoms with E-state index in [1.165, 1.54) is 16.3 Å². The van der Waals surface area contributed by atoms with Gasteiger partial charge in [0.2, 0.25) is 0 Å². The van der Waals surface area contributed by atoms with E-state index in [0.717, 1.165) is 44.9 Å². The third-order valence-corrected chi connectivity index (χ3v) is 5.66. The molecule has 150 valence electrons. The molecule has 5 aromatic carbocycles. The molecule has 0 atom stereocenters. The van der Waals surface area contributed by atoms with Crippen LogP contribution in [0, 0.1) is 0 Å². The van der Waals surface area contributed by atoms with Crippen molar-refractivity contribution in [2.24, 2.45) is 0 Å². The lowest BCUT2D eigenvalue weighted by Crippen LogP contribution is -1.91. The van der Waals surface area contributed by atoms with Crippen molar-refractivity contribution in [2.45, 2.75) is 0 Å². The fourth-order valence-corrected chi connectivity index (χ4v) is 4.06. The number of nitrogens with two attached hydrogens (primary N) is 3. The van der Waals surface area contributed by atoms with Crippen molar-refractivity contribution < 1.29 is 0 Å². The normalized spacial score (nSPS) is 11.0. The minimum absolute atomic E-state index is 0.751. The molecule has 0 bridgehead atoms. The van der Waals surface area contributed by atoms with Crippen LogP contribution in [0.3, 0.4) is 0 Å². The topological polar surface area (TPSA) is 78.1 Å². The highest BCUT2D eigenvalue weighted by molar-refractivity contribution is 6.08. The van der Waals surface area contributed by atoms with Crippen LogP contribution < -0.4 is 17.2 Å². The van der Waals surface area contributed by atoms with Gasteiger partial charge in [-0.25, -0.2) is 0 Å². The van der Waals surface area contributed by atoms with Gasteiger partial charge in [0.15, 0.2) is 0 Å². The first-order valence-corrected chi connectivity index (χ1v) is 10.2. The minimum atomic E-state index is 0.751. The van der Waals surface area contributed by atoms with Crippen LogP contribution in [0.25, 0.3) is 44.2 Å².